The Hall–Kier alpha value is -1.19. The number of carboxylic acids is 1. The smallest absolute Gasteiger partial charge is 0.311 e. The highest BCUT2D eigenvalue weighted by Crippen LogP contribution is 2.43. The average Bonchev–Trinajstić information content (AvgIpc) is 3.02. The number of rotatable bonds is 4. The van der Waals surface area contributed by atoms with Crippen LogP contribution in [0.15, 0.2) is 0 Å². The molecule has 142 valence electrons. The molecule has 1 N–H and O–H groups in total. The standard InChI is InChI=1S/C16H26N2O6S/c1-2-25(22,23)18-6-3-12(4-7-18)14(19)17-9-13-10-24-8-5-16(13,11-17)15(20)21/h12-13H,2-11H2,1H3,(H,20,21)/t13-,16+/m0/s1. The molecule has 0 bridgehead atoms. The zero-order valence-electron chi connectivity index (χ0n) is 14.5. The molecule has 0 aromatic heterocycles. The molecule has 0 radical (unpaired) electrons. The van der Waals surface area contributed by atoms with Crippen molar-refractivity contribution in [3.05, 3.63) is 0 Å². The molecule has 25 heavy (non-hydrogen) atoms. The van der Waals surface area contributed by atoms with Gasteiger partial charge in [-0.1, -0.05) is 0 Å². The maximum atomic E-state index is 12.9. The fraction of sp³-hybridized carbons (Fsp3) is 0.875. The number of aliphatic carboxylic acids is 1. The van der Waals surface area contributed by atoms with Crippen LogP contribution in [0.1, 0.15) is 26.2 Å². The Morgan fingerprint density at radius 2 is 1.96 bits per heavy atom. The Labute approximate surface area is 148 Å². The second-order valence-corrected chi connectivity index (χ2v) is 9.53. The van der Waals surface area contributed by atoms with E-state index in [4.69, 9.17) is 4.74 Å². The molecule has 3 fully saturated rings. The van der Waals surface area contributed by atoms with Gasteiger partial charge in [0.1, 0.15) is 0 Å². The summed E-state index contributed by atoms with van der Waals surface area (Å²) in [5, 5.41) is 9.69. The number of piperidine rings is 1. The molecule has 3 aliphatic heterocycles. The predicted octanol–water partition coefficient (Wildman–Crippen LogP) is -0.00220. The molecule has 3 heterocycles. The predicted molar refractivity (Wildman–Crippen MR) is 89.3 cm³/mol. The molecule has 9 heteroatoms. The van der Waals surface area contributed by atoms with Crippen molar-refractivity contribution in [2.75, 3.05) is 45.1 Å². The highest BCUT2D eigenvalue weighted by atomic mass is 32.2. The minimum atomic E-state index is -3.21. The highest BCUT2D eigenvalue weighted by Gasteiger charge is 2.55. The van der Waals surface area contributed by atoms with Gasteiger partial charge in [0.2, 0.25) is 15.9 Å². The number of carbonyl (C=O) groups excluding carboxylic acids is 1. The highest BCUT2D eigenvalue weighted by molar-refractivity contribution is 7.89. The fourth-order valence-electron chi connectivity index (χ4n) is 4.29. The third-order valence-electron chi connectivity index (χ3n) is 6.01. The molecule has 0 unspecified atom stereocenters. The lowest BCUT2D eigenvalue weighted by Crippen LogP contribution is -2.46. The molecule has 0 aromatic rings. The minimum Gasteiger partial charge on any atom is -0.481 e. The molecular formula is C16H26N2O6S. The summed E-state index contributed by atoms with van der Waals surface area (Å²) in [6, 6.07) is 0. The molecule has 1 amide bonds. The van der Waals surface area contributed by atoms with Gasteiger partial charge in [-0.05, 0) is 26.2 Å². The molecule has 0 saturated carbocycles. The van der Waals surface area contributed by atoms with E-state index in [9.17, 15) is 23.1 Å². The maximum Gasteiger partial charge on any atom is 0.311 e. The number of fused-ring (bicyclic) bond motifs is 1. The van der Waals surface area contributed by atoms with Gasteiger partial charge in [0.25, 0.3) is 0 Å². The van der Waals surface area contributed by atoms with Crippen LogP contribution >= 0.6 is 0 Å². The number of carbonyl (C=O) groups is 2. The Morgan fingerprint density at radius 1 is 1.28 bits per heavy atom. The van der Waals surface area contributed by atoms with Crippen LogP contribution in [0.3, 0.4) is 0 Å². The first kappa shape index (κ1) is 18.6. The first-order chi connectivity index (χ1) is 11.8. The number of sulfonamides is 1. The summed E-state index contributed by atoms with van der Waals surface area (Å²) in [5.41, 5.74) is -0.889. The first-order valence-electron chi connectivity index (χ1n) is 8.88. The van der Waals surface area contributed by atoms with Crippen molar-refractivity contribution < 1.29 is 27.9 Å². The van der Waals surface area contributed by atoms with Crippen LogP contribution in [0.5, 0.6) is 0 Å². The van der Waals surface area contributed by atoms with Crippen molar-refractivity contribution in [1.82, 2.24) is 9.21 Å². The van der Waals surface area contributed by atoms with Crippen molar-refractivity contribution in [2.45, 2.75) is 26.2 Å². The van der Waals surface area contributed by atoms with Gasteiger partial charge >= 0.3 is 5.97 Å². The minimum absolute atomic E-state index is 0.0384. The Balaban J connectivity index is 1.64. The number of amides is 1. The van der Waals surface area contributed by atoms with Crippen LogP contribution in [-0.4, -0.2) is 79.8 Å². The van der Waals surface area contributed by atoms with E-state index in [0.29, 0.717) is 52.1 Å². The summed E-state index contributed by atoms with van der Waals surface area (Å²) < 4.78 is 30.7. The quantitative estimate of drug-likeness (QED) is 0.743. The van der Waals surface area contributed by atoms with Gasteiger partial charge in [-0.3, -0.25) is 9.59 Å². The van der Waals surface area contributed by atoms with Gasteiger partial charge in [0.05, 0.1) is 17.8 Å². The summed E-state index contributed by atoms with van der Waals surface area (Å²) in [4.78, 5) is 26.3. The molecule has 2 atom stereocenters. The van der Waals surface area contributed by atoms with Gasteiger partial charge in [-0.25, -0.2) is 12.7 Å². The van der Waals surface area contributed by atoms with Crippen molar-refractivity contribution in [2.24, 2.45) is 17.3 Å². The number of likely N-dealkylation sites (tertiary alicyclic amines) is 1. The second kappa shape index (κ2) is 6.85. The summed E-state index contributed by atoms with van der Waals surface area (Å²) in [5.74, 6) is -1.21. The largest absolute Gasteiger partial charge is 0.481 e. The van der Waals surface area contributed by atoms with E-state index in [-0.39, 0.29) is 30.0 Å². The molecule has 0 aromatic carbocycles. The van der Waals surface area contributed by atoms with Crippen LogP contribution in [0.25, 0.3) is 0 Å². The molecule has 0 aliphatic carbocycles. The van der Waals surface area contributed by atoms with E-state index in [1.807, 2.05) is 0 Å². The van der Waals surface area contributed by atoms with Crippen LogP contribution in [-0.2, 0) is 24.3 Å². The lowest BCUT2D eigenvalue weighted by atomic mass is 9.74. The van der Waals surface area contributed by atoms with Crippen LogP contribution < -0.4 is 0 Å². The van der Waals surface area contributed by atoms with E-state index in [2.05, 4.69) is 0 Å². The van der Waals surface area contributed by atoms with Crippen LogP contribution in [0.4, 0.5) is 0 Å². The third-order valence-corrected chi connectivity index (χ3v) is 7.89. The first-order valence-corrected chi connectivity index (χ1v) is 10.5. The van der Waals surface area contributed by atoms with E-state index in [1.54, 1.807) is 11.8 Å². The summed E-state index contributed by atoms with van der Waals surface area (Å²) in [6.07, 6.45) is 1.43. The topological polar surface area (TPSA) is 104 Å². The van der Waals surface area contributed by atoms with Crippen molar-refractivity contribution in [1.29, 1.82) is 0 Å². The normalized spacial score (nSPS) is 31.7. The molecular weight excluding hydrogens is 348 g/mol. The van der Waals surface area contributed by atoms with Gasteiger partial charge in [-0.15, -0.1) is 0 Å². The monoisotopic (exact) mass is 374 g/mol. The van der Waals surface area contributed by atoms with Gasteiger partial charge in [0.15, 0.2) is 0 Å². The number of carboxylic acid groups (broad SMARTS) is 1. The third kappa shape index (κ3) is 3.29. The molecule has 3 aliphatic rings. The SMILES string of the molecule is CCS(=O)(=O)N1CCC(C(=O)N2C[C@H]3COCC[C@@]3(C(=O)O)C2)CC1. The van der Waals surface area contributed by atoms with E-state index < -0.39 is 21.4 Å². The van der Waals surface area contributed by atoms with Gasteiger partial charge in [-0.2, -0.15) is 0 Å². The lowest BCUT2D eigenvalue weighted by Gasteiger charge is -2.34. The van der Waals surface area contributed by atoms with Crippen LogP contribution in [0.2, 0.25) is 0 Å². The number of ether oxygens (including phenoxy) is 1. The molecule has 3 rings (SSSR count). The van der Waals surface area contributed by atoms with Gasteiger partial charge in [0, 0.05) is 44.6 Å². The summed E-state index contributed by atoms with van der Waals surface area (Å²) in [7, 11) is -3.21. The Kier molecular flexibility index (Phi) is 5.09. The number of nitrogens with zero attached hydrogens (tertiary/aromatic N) is 2. The van der Waals surface area contributed by atoms with Crippen molar-refractivity contribution >= 4 is 21.9 Å². The molecule has 0 spiro atoms. The average molecular weight is 374 g/mol. The maximum absolute atomic E-state index is 12.9. The van der Waals surface area contributed by atoms with Crippen molar-refractivity contribution in [3.8, 4) is 0 Å². The molecule has 3 saturated heterocycles. The zero-order valence-corrected chi connectivity index (χ0v) is 15.3. The van der Waals surface area contributed by atoms with Gasteiger partial charge < -0.3 is 14.7 Å². The number of hydrogen-bond donors (Lipinski definition) is 1. The van der Waals surface area contributed by atoms with E-state index in [0.717, 1.165) is 0 Å². The summed E-state index contributed by atoms with van der Waals surface area (Å²) >= 11 is 0. The number of hydrogen-bond acceptors (Lipinski definition) is 5. The van der Waals surface area contributed by atoms with Crippen molar-refractivity contribution in [3.63, 3.8) is 0 Å². The summed E-state index contributed by atoms with van der Waals surface area (Å²) in [6.45, 7) is 3.78. The zero-order chi connectivity index (χ0) is 18.2. The fourth-order valence-corrected chi connectivity index (χ4v) is 5.42. The second-order valence-electron chi connectivity index (χ2n) is 7.28. The Bertz CT molecular complexity index is 643. The molecule has 8 nitrogen and oxygen atoms in total. The van der Waals surface area contributed by atoms with E-state index in [1.165, 1.54) is 4.31 Å². The van der Waals surface area contributed by atoms with Crippen LogP contribution in [0, 0.1) is 17.3 Å². The Morgan fingerprint density at radius 3 is 2.52 bits per heavy atom. The van der Waals surface area contributed by atoms with E-state index >= 15 is 0 Å². The lowest BCUT2D eigenvalue weighted by molar-refractivity contribution is -0.157.